The van der Waals surface area contributed by atoms with Crippen molar-refractivity contribution >= 4 is 20.9 Å². The fraction of sp³-hybridized carbons (Fsp3) is 0.154. The molecule has 0 amide bonds. The molecule has 1 aromatic carbocycles. The Hall–Kier alpha value is -1.92. The van der Waals surface area contributed by atoms with E-state index in [1.54, 1.807) is 30.5 Å². The van der Waals surface area contributed by atoms with E-state index in [2.05, 4.69) is 11.6 Å². The lowest BCUT2D eigenvalue weighted by atomic mass is 10.2. The number of hydrogen-bond acceptors (Lipinski definition) is 4. The summed E-state index contributed by atoms with van der Waals surface area (Å²) in [5, 5.41) is 5.63. The number of aromatic nitrogens is 1. The first-order valence-corrected chi connectivity index (χ1v) is 7.18. The molecule has 0 saturated heterocycles. The summed E-state index contributed by atoms with van der Waals surface area (Å²) in [6.07, 6.45) is 3.01. The van der Waals surface area contributed by atoms with Gasteiger partial charge in [-0.2, -0.15) is 0 Å². The van der Waals surface area contributed by atoms with Gasteiger partial charge in [-0.3, -0.25) is 4.98 Å². The van der Waals surface area contributed by atoms with Gasteiger partial charge in [-0.1, -0.05) is 12.7 Å². The molecule has 0 aliphatic carbocycles. The predicted molar refractivity (Wildman–Crippen MR) is 73.4 cm³/mol. The zero-order valence-corrected chi connectivity index (χ0v) is 11.2. The number of sulfonamides is 1. The lowest BCUT2D eigenvalue weighted by Gasteiger charge is -2.13. The van der Waals surface area contributed by atoms with Gasteiger partial charge < -0.3 is 4.74 Å². The molecule has 0 saturated carbocycles. The van der Waals surface area contributed by atoms with Crippen molar-refractivity contribution in [2.45, 2.75) is 17.9 Å². The molecule has 1 atom stereocenters. The van der Waals surface area contributed by atoms with Crippen molar-refractivity contribution in [3.8, 4) is 5.75 Å². The molecule has 2 rings (SSSR count). The van der Waals surface area contributed by atoms with Gasteiger partial charge in [-0.05, 0) is 31.2 Å². The summed E-state index contributed by atoms with van der Waals surface area (Å²) < 4.78 is 28.7. The lowest BCUT2D eigenvalue weighted by Crippen LogP contribution is -2.13. The summed E-state index contributed by atoms with van der Waals surface area (Å²) in [4.78, 5) is 4.20. The molecule has 0 fully saturated rings. The minimum absolute atomic E-state index is 0.0363. The van der Waals surface area contributed by atoms with Gasteiger partial charge >= 0.3 is 0 Å². The highest BCUT2D eigenvalue weighted by Gasteiger charge is 2.16. The van der Waals surface area contributed by atoms with Crippen LogP contribution >= 0.6 is 0 Å². The molecule has 6 heteroatoms. The first kappa shape index (κ1) is 13.5. The van der Waals surface area contributed by atoms with Crippen LogP contribution in [0, 0.1) is 0 Å². The van der Waals surface area contributed by atoms with Gasteiger partial charge in [-0.25, -0.2) is 13.6 Å². The van der Waals surface area contributed by atoms with Crippen LogP contribution in [0.25, 0.3) is 10.9 Å². The Morgan fingerprint density at radius 2 is 2.16 bits per heavy atom. The summed E-state index contributed by atoms with van der Waals surface area (Å²) in [5.74, 6) is 0.496. The van der Waals surface area contributed by atoms with Crippen LogP contribution in [-0.4, -0.2) is 19.5 Å². The molecule has 0 aliphatic rings. The third-order valence-corrected chi connectivity index (χ3v) is 3.61. The molecule has 1 heterocycles. The van der Waals surface area contributed by atoms with Gasteiger partial charge in [0, 0.05) is 11.6 Å². The Labute approximate surface area is 111 Å². The maximum Gasteiger partial charge on any atom is 0.238 e. The van der Waals surface area contributed by atoms with Crippen LogP contribution in [0.15, 0.2) is 48.0 Å². The normalized spacial score (nSPS) is 13.2. The quantitative estimate of drug-likeness (QED) is 0.865. The Bertz CT molecular complexity index is 726. The maximum absolute atomic E-state index is 11.5. The zero-order valence-electron chi connectivity index (χ0n) is 10.4. The first-order valence-electron chi connectivity index (χ1n) is 5.63. The average molecular weight is 278 g/mol. The van der Waals surface area contributed by atoms with Crippen molar-refractivity contribution in [2.75, 3.05) is 0 Å². The Balaban J connectivity index is 2.68. The minimum Gasteiger partial charge on any atom is -0.484 e. The maximum atomic E-state index is 11.5. The smallest absolute Gasteiger partial charge is 0.238 e. The number of ether oxygens (including phenoxy) is 1. The average Bonchev–Trinajstić information content (AvgIpc) is 2.37. The zero-order chi connectivity index (χ0) is 14.0. The topological polar surface area (TPSA) is 82.3 Å². The molecule has 2 N–H and O–H groups in total. The van der Waals surface area contributed by atoms with Crippen LogP contribution in [0.2, 0.25) is 0 Å². The number of pyridine rings is 1. The van der Waals surface area contributed by atoms with E-state index in [4.69, 9.17) is 9.88 Å². The van der Waals surface area contributed by atoms with Gasteiger partial charge in [0.2, 0.25) is 10.0 Å². The summed E-state index contributed by atoms with van der Waals surface area (Å²) in [6, 6.07) is 6.27. The van der Waals surface area contributed by atoms with E-state index in [1.165, 1.54) is 6.07 Å². The molecule has 100 valence electrons. The van der Waals surface area contributed by atoms with Gasteiger partial charge in [0.05, 0.1) is 4.90 Å². The van der Waals surface area contributed by atoms with Crippen LogP contribution in [0.4, 0.5) is 0 Å². The highest BCUT2D eigenvalue weighted by atomic mass is 32.2. The van der Waals surface area contributed by atoms with Crippen molar-refractivity contribution in [1.82, 2.24) is 4.98 Å². The summed E-state index contributed by atoms with van der Waals surface area (Å²) in [6.45, 7) is 5.46. The van der Waals surface area contributed by atoms with Gasteiger partial charge in [0.1, 0.15) is 17.4 Å². The highest BCUT2D eigenvalue weighted by molar-refractivity contribution is 7.89. The van der Waals surface area contributed by atoms with E-state index < -0.39 is 10.0 Å². The number of hydrogen-bond donors (Lipinski definition) is 1. The Kier molecular flexibility index (Phi) is 3.55. The van der Waals surface area contributed by atoms with Gasteiger partial charge in [0.25, 0.3) is 0 Å². The first-order chi connectivity index (χ1) is 8.93. The van der Waals surface area contributed by atoms with E-state index in [0.29, 0.717) is 16.7 Å². The summed E-state index contributed by atoms with van der Waals surface area (Å²) in [5.41, 5.74) is 0.461. The molecular formula is C13H14N2O3S. The van der Waals surface area contributed by atoms with Crippen molar-refractivity contribution in [3.63, 3.8) is 0 Å². The summed E-state index contributed by atoms with van der Waals surface area (Å²) >= 11 is 0. The molecule has 5 nitrogen and oxygen atoms in total. The van der Waals surface area contributed by atoms with E-state index >= 15 is 0 Å². The predicted octanol–water partition coefficient (Wildman–Crippen LogP) is 1.84. The molecule has 0 radical (unpaired) electrons. The molecule has 0 spiro atoms. The van der Waals surface area contributed by atoms with Crippen LogP contribution in [0.5, 0.6) is 5.75 Å². The van der Waals surface area contributed by atoms with Crippen LogP contribution in [0.1, 0.15) is 6.92 Å². The van der Waals surface area contributed by atoms with E-state index in [0.717, 1.165) is 0 Å². The van der Waals surface area contributed by atoms with E-state index in [1.807, 2.05) is 6.92 Å². The number of rotatable bonds is 4. The van der Waals surface area contributed by atoms with E-state index in [9.17, 15) is 8.42 Å². The van der Waals surface area contributed by atoms with Crippen molar-refractivity contribution in [2.24, 2.45) is 5.14 Å². The number of primary sulfonamides is 1. The van der Waals surface area contributed by atoms with Crippen molar-refractivity contribution < 1.29 is 13.2 Å². The van der Waals surface area contributed by atoms with Gasteiger partial charge in [0.15, 0.2) is 0 Å². The molecule has 19 heavy (non-hydrogen) atoms. The molecule has 1 unspecified atom stereocenters. The monoisotopic (exact) mass is 278 g/mol. The molecule has 2 aromatic rings. The fourth-order valence-corrected chi connectivity index (χ4v) is 2.44. The Morgan fingerprint density at radius 1 is 1.42 bits per heavy atom. The molecular weight excluding hydrogens is 264 g/mol. The summed E-state index contributed by atoms with van der Waals surface area (Å²) in [7, 11) is -3.80. The second-order valence-electron chi connectivity index (χ2n) is 4.07. The lowest BCUT2D eigenvalue weighted by molar-refractivity contribution is 0.273. The minimum atomic E-state index is -3.80. The van der Waals surface area contributed by atoms with Crippen LogP contribution in [-0.2, 0) is 10.0 Å². The number of nitrogens with zero attached hydrogens (tertiary/aromatic N) is 1. The number of benzene rings is 1. The van der Waals surface area contributed by atoms with Crippen molar-refractivity contribution in [3.05, 3.63) is 43.1 Å². The number of fused-ring (bicyclic) bond motifs is 1. The standard InChI is InChI=1S/C13H14N2O3S/c1-3-9(2)18-11-6-7-12(19(14,16)17)10-5-4-8-15-13(10)11/h3-9H,1H2,2H3,(H2,14,16,17). The SMILES string of the molecule is C=CC(C)Oc1ccc(S(N)(=O)=O)c2cccnc12. The van der Waals surface area contributed by atoms with Gasteiger partial charge in [-0.15, -0.1) is 0 Å². The fourth-order valence-electron chi connectivity index (χ4n) is 1.71. The van der Waals surface area contributed by atoms with Crippen LogP contribution < -0.4 is 9.88 Å². The second-order valence-corrected chi connectivity index (χ2v) is 5.59. The largest absolute Gasteiger partial charge is 0.484 e. The van der Waals surface area contributed by atoms with E-state index in [-0.39, 0.29) is 11.0 Å². The molecule has 0 aliphatic heterocycles. The number of nitrogens with two attached hydrogens (primary N) is 1. The van der Waals surface area contributed by atoms with Crippen molar-refractivity contribution in [1.29, 1.82) is 0 Å². The third-order valence-electron chi connectivity index (χ3n) is 2.64. The molecule has 1 aromatic heterocycles. The van der Waals surface area contributed by atoms with Crippen LogP contribution in [0.3, 0.4) is 0 Å². The second kappa shape index (κ2) is 4.99. The highest BCUT2D eigenvalue weighted by Crippen LogP contribution is 2.29. The molecule has 0 bridgehead atoms. The Morgan fingerprint density at radius 3 is 2.79 bits per heavy atom. The third kappa shape index (κ3) is 2.74.